The summed E-state index contributed by atoms with van der Waals surface area (Å²) in [5, 5.41) is 2.22. The Morgan fingerprint density at radius 3 is 2.16 bits per heavy atom. The number of alkyl halides is 3. The zero-order chi connectivity index (χ0) is 13.9. The number of amides is 1. The minimum Gasteiger partial charge on any atom is -0.339 e. The van der Waals surface area contributed by atoms with Gasteiger partial charge in [0.05, 0.1) is 5.54 Å². The van der Waals surface area contributed by atoms with Gasteiger partial charge in [0.1, 0.15) is 0 Å². The van der Waals surface area contributed by atoms with Crippen LogP contribution < -0.4 is 5.32 Å². The molecule has 1 aromatic carbocycles. The highest BCUT2D eigenvalue weighted by Gasteiger charge is 2.44. The SMILES string of the molecule is O=C(NC1(c2ccccc2)CCCCC1)C(F)(F)F. The second-order valence-corrected chi connectivity index (χ2v) is 4.96. The molecule has 1 aliphatic rings. The molecule has 0 heterocycles. The highest BCUT2D eigenvalue weighted by molar-refractivity contribution is 5.82. The molecule has 5 heteroatoms. The van der Waals surface area contributed by atoms with E-state index in [1.807, 2.05) is 6.07 Å². The number of hydrogen-bond donors (Lipinski definition) is 1. The first kappa shape index (κ1) is 13.9. The smallest absolute Gasteiger partial charge is 0.339 e. The predicted molar refractivity (Wildman–Crippen MR) is 65.4 cm³/mol. The maximum absolute atomic E-state index is 12.5. The minimum absolute atomic E-state index is 0.554. The van der Waals surface area contributed by atoms with Crippen molar-refractivity contribution in [2.75, 3.05) is 0 Å². The average Bonchev–Trinajstić information content (AvgIpc) is 2.40. The first-order valence-electron chi connectivity index (χ1n) is 6.39. The van der Waals surface area contributed by atoms with Crippen LogP contribution in [-0.4, -0.2) is 12.1 Å². The quantitative estimate of drug-likeness (QED) is 0.876. The van der Waals surface area contributed by atoms with Gasteiger partial charge in [-0.25, -0.2) is 0 Å². The van der Waals surface area contributed by atoms with Crippen molar-refractivity contribution in [3.63, 3.8) is 0 Å². The second kappa shape index (κ2) is 5.23. The number of benzene rings is 1. The van der Waals surface area contributed by atoms with Crippen LogP contribution in [0.5, 0.6) is 0 Å². The number of rotatable bonds is 2. The number of carbonyl (C=O) groups is 1. The Kier molecular flexibility index (Phi) is 3.83. The summed E-state index contributed by atoms with van der Waals surface area (Å²) in [4.78, 5) is 11.3. The maximum Gasteiger partial charge on any atom is 0.471 e. The Balaban J connectivity index is 2.28. The van der Waals surface area contributed by atoms with Crippen LogP contribution >= 0.6 is 0 Å². The summed E-state index contributed by atoms with van der Waals surface area (Å²) in [6.45, 7) is 0. The molecule has 0 saturated heterocycles. The van der Waals surface area contributed by atoms with Crippen LogP contribution in [-0.2, 0) is 10.3 Å². The van der Waals surface area contributed by atoms with E-state index in [1.165, 1.54) is 0 Å². The number of nitrogens with one attached hydrogen (secondary N) is 1. The highest BCUT2D eigenvalue weighted by atomic mass is 19.4. The molecule has 1 saturated carbocycles. The van der Waals surface area contributed by atoms with E-state index in [-0.39, 0.29) is 0 Å². The monoisotopic (exact) mass is 271 g/mol. The van der Waals surface area contributed by atoms with Gasteiger partial charge in [-0.3, -0.25) is 4.79 Å². The van der Waals surface area contributed by atoms with Gasteiger partial charge in [-0.2, -0.15) is 13.2 Å². The molecule has 0 bridgehead atoms. The Bertz CT molecular complexity index is 436. The van der Waals surface area contributed by atoms with Crippen LogP contribution in [0.2, 0.25) is 0 Å². The lowest BCUT2D eigenvalue weighted by molar-refractivity contribution is -0.176. The van der Waals surface area contributed by atoms with Crippen LogP contribution in [0.3, 0.4) is 0 Å². The van der Waals surface area contributed by atoms with Crippen LogP contribution in [0, 0.1) is 0 Å². The fourth-order valence-electron chi connectivity index (χ4n) is 2.69. The van der Waals surface area contributed by atoms with Gasteiger partial charge in [0, 0.05) is 0 Å². The summed E-state index contributed by atoms with van der Waals surface area (Å²) in [7, 11) is 0. The lowest BCUT2D eigenvalue weighted by Crippen LogP contribution is -2.51. The molecule has 1 aliphatic carbocycles. The van der Waals surface area contributed by atoms with E-state index < -0.39 is 17.6 Å². The van der Waals surface area contributed by atoms with Gasteiger partial charge in [-0.1, -0.05) is 49.6 Å². The van der Waals surface area contributed by atoms with E-state index in [2.05, 4.69) is 5.32 Å². The first-order chi connectivity index (χ1) is 8.94. The standard InChI is InChI=1S/C14H16F3NO/c15-14(16,17)12(19)18-13(9-5-2-6-10-13)11-7-3-1-4-8-11/h1,3-4,7-8H,2,5-6,9-10H2,(H,18,19). The van der Waals surface area contributed by atoms with Crippen molar-refractivity contribution in [2.24, 2.45) is 0 Å². The Morgan fingerprint density at radius 1 is 1.05 bits per heavy atom. The average molecular weight is 271 g/mol. The van der Waals surface area contributed by atoms with Crippen molar-refractivity contribution in [1.29, 1.82) is 0 Å². The van der Waals surface area contributed by atoms with Crippen molar-refractivity contribution in [3.05, 3.63) is 35.9 Å². The highest BCUT2D eigenvalue weighted by Crippen LogP contribution is 2.37. The van der Waals surface area contributed by atoms with Crippen LogP contribution in [0.15, 0.2) is 30.3 Å². The molecule has 2 rings (SSSR count). The summed E-state index contributed by atoms with van der Waals surface area (Å²) in [6, 6.07) is 8.94. The summed E-state index contributed by atoms with van der Waals surface area (Å²) in [5.41, 5.74) is -0.112. The van der Waals surface area contributed by atoms with Gasteiger partial charge in [0.2, 0.25) is 0 Å². The zero-order valence-corrected chi connectivity index (χ0v) is 10.5. The van der Waals surface area contributed by atoms with E-state index in [0.717, 1.165) is 24.8 Å². The molecule has 1 fully saturated rings. The zero-order valence-electron chi connectivity index (χ0n) is 10.5. The molecule has 1 aromatic rings. The second-order valence-electron chi connectivity index (χ2n) is 4.96. The summed E-state index contributed by atoms with van der Waals surface area (Å²) >= 11 is 0. The molecule has 0 radical (unpaired) electrons. The van der Waals surface area contributed by atoms with E-state index in [9.17, 15) is 18.0 Å². The number of hydrogen-bond acceptors (Lipinski definition) is 1. The summed E-state index contributed by atoms with van der Waals surface area (Å²) < 4.78 is 37.4. The molecule has 19 heavy (non-hydrogen) atoms. The third-order valence-electron chi connectivity index (χ3n) is 3.64. The van der Waals surface area contributed by atoms with Crippen molar-refractivity contribution in [1.82, 2.24) is 5.32 Å². The molecule has 0 atom stereocenters. The Morgan fingerprint density at radius 2 is 1.63 bits per heavy atom. The molecular weight excluding hydrogens is 255 g/mol. The molecular formula is C14H16F3NO. The lowest BCUT2D eigenvalue weighted by Gasteiger charge is -2.38. The van der Waals surface area contributed by atoms with Crippen molar-refractivity contribution in [3.8, 4) is 0 Å². The fraction of sp³-hybridized carbons (Fsp3) is 0.500. The number of carbonyl (C=O) groups excluding carboxylic acids is 1. The third kappa shape index (κ3) is 3.08. The van der Waals surface area contributed by atoms with E-state index in [1.54, 1.807) is 24.3 Å². The van der Waals surface area contributed by atoms with Crippen LogP contribution in [0.4, 0.5) is 13.2 Å². The van der Waals surface area contributed by atoms with E-state index in [4.69, 9.17) is 0 Å². The van der Waals surface area contributed by atoms with Gasteiger partial charge >= 0.3 is 12.1 Å². The predicted octanol–water partition coefficient (Wildman–Crippen LogP) is 3.52. The van der Waals surface area contributed by atoms with Crippen LogP contribution in [0.25, 0.3) is 0 Å². The molecule has 0 spiro atoms. The molecule has 2 nitrogen and oxygen atoms in total. The third-order valence-corrected chi connectivity index (χ3v) is 3.64. The molecule has 104 valence electrons. The fourth-order valence-corrected chi connectivity index (χ4v) is 2.69. The molecule has 1 N–H and O–H groups in total. The van der Waals surface area contributed by atoms with Gasteiger partial charge in [0.15, 0.2) is 0 Å². The summed E-state index contributed by atoms with van der Waals surface area (Å²) in [6.07, 6.45) is -1.08. The van der Waals surface area contributed by atoms with Gasteiger partial charge < -0.3 is 5.32 Å². The lowest BCUT2D eigenvalue weighted by atomic mass is 9.76. The normalized spacial score (nSPS) is 18.9. The summed E-state index contributed by atoms with van der Waals surface area (Å²) in [5.74, 6) is -1.85. The van der Waals surface area contributed by atoms with Crippen molar-refractivity contribution in [2.45, 2.75) is 43.8 Å². The van der Waals surface area contributed by atoms with Crippen LogP contribution in [0.1, 0.15) is 37.7 Å². The van der Waals surface area contributed by atoms with Gasteiger partial charge in [0.25, 0.3) is 0 Å². The first-order valence-corrected chi connectivity index (χ1v) is 6.39. The van der Waals surface area contributed by atoms with Gasteiger partial charge in [-0.05, 0) is 18.4 Å². The maximum atomic E-state index is 12.5. The van der Waals surface area contributed by atoms with E-state index >= 15 is 0 Å². The van der Waals surface area contributed by atoms with Crippen molar-refractivity contribution >= 4 is 5.91 Å². The largest absolute Gasteiger partial charge is 0.471 e. The molecule has 0 aliphatic heterocycles. The number of halogens is 3. The minimum atomic E-state index is -4.83. The Hall–Kier alpha value is -1.52. The topological polar surface area (TPSA) is 29.1 Å². The van der Waals surface area contributed by atoms with Crippen molar-refractivity contribution < 1.29 is 18.0 Å². The van der Waals surface area contributed by atoms with E-state index in [0.29, 0.717) is 12.8 Å². The molecule has 0 unspecified atom stereocenters. The van der Waals surface area contributed by atoms with Gasteiger partial charge in [-0.15, -0.1) is 0 Å². The molecule has 1 amide bonds. The molecule has 0 aromatic heterocycles. The Labute approximate surface area is 110 Å².